The number of nitrogens with zero attached hydrogens (tertiary/aromatic N) is 2. The third-order valence-corrected chi connectivity index (χ3v) is 4.21. The Morgan fingerprint density at radius 3 is 2.71 bits per heavy atom. The highest BCUT2D eigenvalue weighted by Crippen LogP contribution is 2.27. The Morgan fingerprint density at radius 1 is 1.21 bits per heavy atom. The highest BCUT2D eigenvalue weighted by Gasteiger charge is 2.23. The van der Waals surface area contributed by atoms with Crippen LogP contribution in [0.5, 0.6) is 0 Å². The molecule has 0 unspecified atom stereocenters. The molecule has 3 N–H and O–H groups in total. The molecule has 124 valence electrons. The molecule has 0 spiro atoms. The molecular formula is C19H22N4O. The van der Waals surface area contributed by atoms with Crippen LogP contribution in [0.1, 0.15) is 18.1 Å². The van der Waals surface area contributed by atoms with Crippen LogP contribution in [-0.2, 0) is 17.6 Å². The lowest BCUT2D eigenvalue weighted by molar-refractivity contribution is -0.117. The monoisotopic (exact) mass is 322 g/mol. The van der Waals surface area contributed by atoms with Crippen LogP contribution in [0.4, 0.5) is 11.4 Å². The van der Waals surface area contributed by atoms with Gasteiger partial charge in [0.1, 0.15) is 6.54 Å². The maximum atomic E-state index is 12.4. The second-order valence-corrected chi connectivity index (χ2v) is 5.80. The zero-order valence-corrected chi connectivity index (χ0v) is 13.8. The first-order chi connectivity index (χ1) is 11.7. The summed E-state index contributed by atoms with van der Waals surface area (Å²) in [6, 6.07) is 16.0. The Morgan fingerprint density at radius 2 is 1.96 bits per heavy atom. The molecule has 0 radical (unpaired) electrons. The quantitative estimate of drug-likeness (QED) is 0.671. The van der Waals surface area contributed by atoms with E-state index in [9.17, 15) is 4.79 Å². The van der Waals surface area contributed by atoms with Gasteiger partial charge in [0, 0.05) is 17.9 Å². The van der Waals surface area contributed by atoms with E-state index >= 15 is 0 Å². The van der Waals surface area contributed by atoms with Gasteiger partial charge in [0.25, 0.3) is 0 Å². The van der Waals surface area contributed by atoms with Gasteiger partial charge < -0.3 is 16.0 Å². The number of rotatable bonds is 4. The van der Waals surface area contributed by atoms with Crippen molar-refractivity contribution in [2.24, 2.45) is 10.7 Å². The van der Waals surface area contributed by atoms with Crippen LogP contribution in [0.2, 0.25) is 0 Å². The number of carbonyl (C=O) groups excluding carboxylic acids is 1. The van der Waals surface area contributed by atoms with Gasteiger partial charge >= 0.3 is 0 Å². The number of aryl methyl sites for hydroxylation is 1. The molecular weight excluding hydrogens is 300 g/mol. The van der Waals surface area contributed by atoms with Gasteiger partial charge in [-0.15, -0.1) is 0 Å². The van der Waals surface area contributed by atoms with Gasteiger partial charge in [-0.25, -0.2) is 4.99 Å². The van der Waals surface area contributed by atoms with E-state index in [1.807, 2.05) is 42.5 Å². The third kappa shape index (κ3) is 3.56. The second kappa shape index (κ2) is 7.17. The molecule has 0 aliphatic carbocycles. The minimum absolute atomic E-state index is 0.0361. The molecule has 2 aromatic rings. The SMILES string of the molecule is CCc1ccc(NC(N)=NCC(=O)N2CCc3ccccc32)cc1. The predicted molar refractivity (Wildman–Crippen MR) is 98.4 cm³/mol. The number of nitrogens with one attached hydrogen (secondary N) is 1. The largest absolute Gasteiger partial charge is 0.370 e. The number of nitrogens with two attached hydrogens (primary N) is 1. The van der Waals surface area contributed by atoms with E-state index in [2.05, 4.69) is 23.3 Å². The summed E-state index contributed by atoms with van der Waals surface area (Å²) < 4.78 is 0. The van der Waals surface area contributed by atoms with Crippen LogP contribution in [0.15, 0.2) is 53.5 Å². The zero-order valence-electron chi connectivity index (χ0n) is 13.8. The average molecular weight is 322 g/mol. The van der Waals surface area contributed by atoms with Crippen LogP contribution >= 0.6 is 0 Å². The first-order valence-electron chi connectivity index (χ1n) is 8.21. The van der Waals surface area contributed by atoms with Crippen molar-refractivity contribution in [2.45, 2.75) is 19.8 Å². The Kier molecular flexibility index (Phi) is 4.79. The van der Waals surface area contributed by atoms with E-state index in [0.717, 1.165) is 24.2 Å². The summed E-state index contributed by atoms with van der Waals surface area (Å²) in [5.74, 6) is 0.214. The molecule has 1 amide bonds. The van der Waals surface area contributed by atoms with E-state index in [-0.39, 0.29) is 18.4 Å². The molecule has 0 bridgehead atoms. The summed E-state index contributed by atoms with van der Waals surface area (Å²) in [4.78, 5) is 18.3. The number of fused-ring (bicyclic) bond motifs is 1. The van der Waals surface area contributed by atoms with E-state index in [4.69, 9.17) is 5.73 Å². The van der Waals surface area contributed by atoms with Gasteiger partial charge in [-0.05, 0) is 42.2 Å². The van der Waals surface area contributed by atoms with Crippen molar-refractivity contribution >= 4 is 23.2 Å². The normalized spacial score (nSPS) is 13.7. The molecule has 3 rings (SSSR count). The Balaban J connectivity index is 1.59. The fraction of sp³-hybridized carbons (Fsp3) is 0.263. The molecule has 2 aromatic carbocycles. The molecule has 5 heteroatoms. The number of benzene rings is 2. The Hall–Kier alpha value is -2.82. The number of guanidine groups is 1. The first kappa shape index (κ1) is 16.1. The molecule has 0 fully saturated rings. The number of carbonyl (C=O) groups is 1. The molecule has 1 aliphatic heterocycles. The number of hydrogen-bond donors (Lipinski definition) is 2. The van der Waals surface area contributed by atoms with Crippen molar-refractivity contribution in [1.82, 2.24) is 0 Å². The van der Waals surface area contributed by atoms with Gasteiger partial charge in [0.2, 0.25) is 5.91 Å². The maximum absolute atomic E-state index is 12.4. The van der Waals surface area contributed by atoms with Gasteiger partial charge in [0.15, 0.2) is 5.96 Å². The molecule has 0 atom stereocenters. The second-order valence-electron chi connectivity index (χ2n) is 5.80. The number of aliphatic imine (C=N–C) groups is 1. The highest BCUT2D eigenvalue weighted by molar-refractivity contribution is 5.99. The van der Waals surface area contributed by atoms with Gasteiger partial charge in [-0.3, -0.25) is 4.79 Å². The van der Waals surface area contributed by atoms with Crippen LogP contribution in [0, 0.1) is 0 Å². The molecule has 24 heavy (non-hydrogen) atoms. The summed E-state index contributed by atoms with van der Waals surface area (Å²) in [6.07, 6.45) is 1.89. The smallest absolute Gasteiger partial charge is 0.248 e. The van der Waals surface area contributed by atoms with E-state index in [1.54, 1.807) is 4.90 Å². The maximum Gasteiger partial charge on any atom is 0.248 e. The fourth-order valence-electron chi connectivity index (χ4n) is 2.85. The number of amides is 1. The molecule has 0 saturated heterocycles. The number of para-hydroxylation sites is 1. The Bertz CT molecular complexity index is 752. The van der Waals surface area contributed by atoms with E-state index < -0.39 is 0 Å². The average Bonchev–Trinajstić information content (AvgIpc) is 3.04. The summed E-state index contributed by atoms with van der Waals surface area (Å²) >= 11 is 0. The third-order valence-electron chi connectivity index (χ3n) is 4.21. The van der Waals surface area contributed by atoms with Crippen LogP contribution in [0.3, 0.4) is 0 Å². The first-order valence-corrected chi connectivity index (χ1v) is 8.21. The summed E-state index contributed by atoms with van der Waals surface area (Å²) in [7, 11) is 0. The number of hydrogen-bond acceptors (Lipinski definition) is 2. The number of anilines is 2. The molecule has 1 aliphatic rings. The van der Waals surface area contributed by atoms with Crippen molar-refractivity contribution in [3.63, 3.8) is 0 Å². The minimum Gasteiger partial charge on any atom is -0.370 e. The van der Waals surface area contributed by atoms with Crippen LogP contribution in [0.25, 0.3) is 0 Å². The van der Waals surface area contributed by atoms with E-state index in [0.29, 0.717) is 6.54 Å². The lowest BCUT2D eigenvalue weighted by Gasteiger charge is -2.16. The molecule has 1 heterocycles. The zero-order chi connectivity index (χ0) is 16.9. The van der Waals surface area contributed by atoms with Gasteiger partial charge in [0.05, 0.1) is 0 Å². The topological polar surface area (TPSA) is 70.7 Å². The van der Waals surface area contributed by atoms with E-state index in [1.165, 1.54) is 11.1 Å². The van der Waals surface area contributed by atoms with Crippen LogP contribution in [-0.4, -0.2) is 25.0 Å². The standard InChI is InChI=1S/C19H22N4O/c1-2-14-7-9-16(10-8-14)22-19(20)21-13-18(24)23-12-11-15-5-3-4-6-17(15)23/h3-10H,2,11-13H2,1H3,(H3,20,21,22). The van der Waals surface area contributed by atoms with Crippen molar-refractivity contribution in [2.75, 3.05) is 23.3 Å². The van der Waals surface area contributed by atoms with Gasteiger partial charge in [-0.2, -0.15) is 0 Å². The minimum atomic E-state index is -0.0361. The molecule has 0 aromatic heterocycles. The van der Waals surface area contributed by atoms with Gasteiger partial charge in [-0.1, -0.05) is 37.3 Å². The molecule has 5 nitrogen and oxygen atoms in total. The highest BCUT2D eigenvalue weighted by atomic mass is 16.2. The predicted octanol–water partition coefficient (Wildman–Crippen LogP) is 2.56. The lowest BCUT2D eigenvalue weighted by atomic mass is 10.1. The van der Waals surface area contributed by atoms with Crippen LogP contribution < -0.4 is 16.0 Å². The van der Waals surface area contributed by atoms with Crippen molar-refractivity contribution in [3.8, 4) is 0 Å². The Labute approximate surface area is 142 Å². The summed E-state index contributed by atoms with van der Waals surface area (Å²) in [6.45, 7) is 2.86. The molecule has 0 saturated carbocycles. The lowest BCUT2D eigenvalue weighted by Crippen LogP contribution is -2.32. The summed E-state index contributed by atoms with van der Waals surface area (Å²) in [5, 5.41) is 3.02. The van der Waals surface area contributed by atoms with Crippen molar-refractivity contribution in [1.29, 1.82) is 0 Å². The van der Waals surface area contributed by atoms with Crippen molar-refractivity contribution < 1.29 is 4.79 Å². The fourth-order valence-corrected chi connectivity index (χ4v) is 2.85. The summed E-state index contributed by atoms with van der Waals surface area (Å²) in [5.41, 5.74) is 10.2. The van der Waals surface area contributed by atoms with Crippen molar-refractivity contribution in [3.05, 3.63) is 59.7 Å².